The molecule has 0 radical (unpaired) electrons. The lowest BCUT2D eigenvalue weighted by Gasteiger charge is -2.19. The summed E-state index contributed by atoms with van der Waals surface area (Å²) < 4.78 is 17.6. The summed E-state index contributed by atoms with van der Waals surface area (Å²) >= 11 is 7.00. The maximum absolute atomic E-state index is 5.96. The summed E-state index contributed by atoms with van der Waals surface area (Å²) in [5.41, 5.74) is 1.15. The van der Waals surface area contributed by atoms with Gasteiger partial charge in [0.1, 0.15) is 0 Å². The molecule has 3 nitrogen and oxygen atoms in total. The van der Waals surface area contributed by atoms with E-state index < -0.39 is 0 Å². The number of halogens is 2. The number of methoxy groups -OCH3 is 1. The predicted molar refractivity (Wildman–Crippen MR) is 84.5 cm³/mol. The second-order valence-electron chi connectivity index (χ2n) is 4.18. The van der Waals surface area contributed by atoms with E-state index in [0.717, 1.165) is 33.3 Å². The molecule has 1 aromatic rings. The van der Waals surface area contributed by atoms with E-state index in [9.17, 15) is 0 Å². The van der Waals surface area contributed by atoms with Crippen molar-refractivity contribution in [1.82, 2.24) is 0 Å². The fourth-order valence-corrected chi connectivity index (χ4v) is 2.53. The average molecular weight is 396 g/mol. The van der Waals surface area contributed by atoms with Gasteiger partial charge in [-0.3, -0.25) is 0 Å². The van der Waals surface area contributed by atoms with Crippen molar-refractivity contribution in [2.24, 2.45) is 0 Å². The van der Waals surface area contributed by atoms with Gasteiger partial charge in [-0.1, -0.05) is 15.9 Å². The summed E-state index contributed by atoms with van der Waals surface area (Å²) in [7, 11) is 1.69. The van der Waals surface area contributed by atoms with Crippen LogP contribution in [0.25, 0.3) is 0 Å². The fourth-order valence-electron chi connectivity index (χ4n) is 1.62. The van der Waals surface area contributed by atoms with Gasteiger partial charge in [0, 0.05) is 25.5 Å². The Bertz CT molecular complexity index is 397. The van der Waals surface area contributed by atoms with E-state index in [0.29, 0.717) is 13.2 Å². The molecule has 1 atom stereocenters. The Morgan fingerprint density at radius 1 is 1.32 bits per heavy atom. The number of hydrogen-bond acceptors (Lipinski definition) is 3. The molecule has 0 fully saturated rings. The zero-order valence-corrected chi connectivity index (χ0v) is 14.7. The molecule has 0 aliphatic carbocycles. The van der Waals surface area contributed by atoms with Crippen LogP contribution < -0.4 is 9.47 Å². The molecule has 0 amide bonds. The van der Waals surface area contributed by atoms with E-state index in [1.165, 1.54) is 0 Å². The van der Waals surface area contributed by atoms with E-state index in [1.807, 2.05) is 26.0 Å². The second-order valence-corrected chi connectivity index (χ2v) is 5.60. The van der Waals surface area contributed by atoms with Crippen LogP contribution in [0.4, 0.5) is 0 Å². The Labute approximate surface area is 131 Å². The van der Waals surface area contributed by atoms with Gasteiger partial charge >= 0.3 is 0 Å². The Kier molecular flexibility index (Phi) is 7.80. The second kappa shape index (κ2) is 8.82. The molecule has 5 heteroatoms. The molecule has 19 heavy (non-hydrogen) atoms. The Balaban J connectivity index is 2.90. The van der Waals surface area contributed by atoms with Gasteiger partial charge in [0.2, 0.25) is 0 Å². The van der Waals surface area contributed by atoms with Crippen LogP contribution in [0.2, 0.25) is 0 Å². The van der Waals surface area contributed by atoms with Crippen molar-refractivity contribution in [1.29, 1.82) is 0 Å². The lowest BCUT2D eigenvalue weighted by Crippen LogP contribution is -2.15. The van der Waals surface area contributed by atoms with Crippen LogP contribution in [-0.2, 0) is 10.1 Å². The van der Waals surface area contributed by atoms with Gasteiger partial charge in [0.25, 0.3) is 0 Å². The fraction of sp³-hybridized carbons (Fsp3) is 0.571. The van der Waals surface area contributed by atoms with Crippen molar-refractivity contribution < 1.29 is 14.2 Å². The minimum absolute atomic E-state index is 0.0743. The van der Waals surface area contributed by atoms with Crippen LogP contribution in [0.3, 0.4) is 0 Å². The summed E-state index contributed by atoms with van der Waals surface area (Å²) in [6.45, 7) is 5.29. The molecule has 1 unspecified atom stereocenters. The first kappa shape index (κ1) is 16.8. The molecule has 0 aliphatic heterocycles. The largest absolute Gasteiger partial charge is 0.490 e. The zero-order valence-electron chi connectivity index (χ0n) is 11.5. The van der Waals surface area contributed by atoms with Gasteiger partial charge in [-0.2, -0.15) is 0 Å². The lowest BCUT2D eigenvalue weighted by atomic mass is 10.2. The van der Waals surface area contributed by atoms with Gasteiger partial charge in [-0.25, -0.2) is 0 Å². The third-order valence-corrected chi connectivity index (χ3v) is 3.81. The van der Waals surface area contributed by atoms with Crippen molar-refractivity contribution >= 4 is 31.9 Å². The number of ether oxygens (including phenoxy) is 3. The SMILES string of the molecule is CCOc1cc(CBr)cc(Br)c1OC(C)CCOC. The molecular formula is C14H20Br2O3. The molecule has 0 spiro atoms. The minimum Gasteiger partial charge on any atom is -0.490 e. The third-order valence-electron chi connectivity index (χ3n) is 2.57. The lowest BCUT2D eigenvalue weighted by molar-refractivity contribution is 0.131. The first-order chi connectivity index (χ1) is 9.12. The third kappa shape index (κ3) is 5.32. The van der Waals surface area contributed by atoms with Crippen molar-refractivity contribution in [2.75, 3.05) is 20.3 Å². The highest BCUT2D eigenvalue weighted by atomic mass is 79.9. The molecule has 0 saturated carbocycles. The maximum atomic E-state index is 5.96. The first-order valence-electron chi connectivity index (χ1n) is 6.29. The van der Waals surface area contributed by atoms with E-state index in [2.05, 4.69) is 31.9 Å². The minimum atomic E-state index is 0.0743. The highest BCUT2D eigenvalue weighted by molar-refractivity contribution is 9.10. The summed E-state index contributed by atoms with van der Waals surface area (Å²) in [6, 6.07) is 4.04. The summed E-state index contributed by atoms with van der Waals surface area (Å²) in [6.07, 6.45) is 0.916. The van der Waals surface area contributed by atoms with Gasteiger partial charge in [0.15, 0.2) is 11.5 Å². The van der Waals surface area contributed by atoms with Crippen LogP contribution in [0.1, 0.15) is 25.8 Å². The van der Waals surface area contributed by atoms with Crippen LogP contribution >= 0.6 is 31.9 Å². The van der Waals surface area contributed by atoms with Crippen molar-refractivity contribution in [2.45, 2.75) is 31.7 Å². The number of alkyl halides is 1. The van der Waals surface area contributed by atoms with Crippen molar-refractivity contribution in [3.63, 3.8) is 0 Å². The van der Waals surface area contributed by atoms with E-state index >= 15 is 0 Å². The number of hydrogen-bond donors (Lipinski definition) is 0. The first-order valence-corrected chi connectivity index (χ1v) is 8.20. The molecular weight excluding hydrogens is 376 g/mol. The molecule has 1 rings (SSSR count). The quantitative estimate of drug-likeness (QED) is 0.604. The van der Waals surface area contributed by atoms with Crippen molar-refractivity contribution in [3.05, 3.63) is 22.2 Å². The molecule has 0 aliphatic rings. The van der Waals surface area contributed by atoms with E-state index in [4.69, 9.17) is 14.2 Å². The number of rotatable bonds is 8. The molecule has 0 bridgehead atoms. The molecule has 0 heterocycles. The van der Waals surface area contributed by atoms with Gasteiger partial charge in [-0.15, -0.1) is 0 Å². The number of benzene rings is 1. The maximum Gasteiger partial charge on any atom is 0.175 e. The topological polar surface area (TPSA) is 27.7 Å². The summed E-state index contributed by atoms with van der Waals surface area (Å²) in [4.78, 5) is 0. The summed E-state index contributed by atoms with van der Waals surface area (Å²) in [5.74, 6) is 1.53. The monoisotopic (exact) mass is 394 g/mol. The molecule has 0 N–H and O–H groups in total. The Morgan fingerprint density at radius 3 is 2.63 bits per heavy atom. The zero-order chi connectivity index (χ0) is 14.3. The van der Waals surface area contributed by atoms with Crippen LogP contribution in [0.5, 0.6) is 11.5 Å². The van der Waals surface area contributed by atoms with Gasteiger partial charge in [-0.05, 0) is 47.5 Å². The van der Waals surface area contributed by atoms with Gasteiger partial charge < -0.3 is 14.2 Å². The van der Waals surface area contributed by atoms with Crippen LogP contribution in [0.15, 0.2) is 16.6 Å². The normalized spacial score (nSPS) is 12.3. The van der Waals surface area contributed by atoms with E-state index in [-0.39, 0.29) is 6.10 Å². The predicted octanol–water partition coefficient (Wildman–Crippen LogP) is 4.55. The molecule has 0 aromatic heterocycles. The van der Waals surface area contributed by atoms with Crippen molar-refractivity contribution in [3.8, 4) is 11.5 Å². The highest BCUT2D eigenvalue weighted by Gasteiger charge is 2.15. The standard InChI is InChI=1S/C14H20Br2O3/c1-4-18-13-8-11(9-15)7-12(16)14(13)19-10(2)5-6-17-3/h7-8,10H,4-6,9H2,1-3H3. The Morgan fingerprint density at radius 2 is 2.05 bits per heavy atom. The molecule has 0 saturated heterocycles. The Hall–Kier alpha value is -0.260. The van der Waals surface area contributed by atoms with E-state index in [1.54, 1.807) is 7.11 Å². The van der Waals surface area contributed by atoms with Gasteiger partial charge in [0.05, 0.1) is 17.2 Å². The molecule has 1 aromatic carbocycles. The summed E-state index contributed by atoms with van der Waals surface area (Å²) in [5, 5.41) is 0.783. The average Bonchev–Trinajstić information content (AvgIpc) is 2.40. The smallest absolute Gasteiger partial charge is 0.175 e. The highest BCUT2D eigenvalue weighted by Crippen LogP contribution is 2.38. The van der Waals surface area contributed by atoms with Crippen LogP contribution in [-0.4, -0.2) is 26.4 Å². The van der Waals surface area contributed by atoms with Crippen LogP contribution in [0, 0.1) is 0 Å². The molecule has 108 valence electrons.